The first-order chi connectivity index (χ1) is 11.2. The fraction of sp³-hybridized carbons (Fsp3) is 0.158. The molecule has 2 aromatic carbocycles. The third-order valence-electron chi connectivity index (χ3n) is 4.26. The van der Waals surface area contributed by atoms with Gasteiger partial charge in [0.25, 0.3) is 0 Å². The molecule has 2 atom stereocenters. The molecule has 23 heavy (non-hydrogen) atoms. The Bertz CT molecular complexity index is 912. The number of aromatic nitrogens is 1. The Labute approximate surface area is 139 Å². The van der Waals surface area contributed by atoms with Crippen LogP contribution in [0.3, 0.4) is 0 Å². The molecule has 0 amide bonds. The van der Waals surface area contributed by atoms with Gasteiger partial charge >= 0.3 is 0 Å². The van der Waals surface area contributed by atoms with Crippen LogP contribution in [0.2, 0.25) is 5.02 Å². The first kappa shape index (κ1) is 14.0. The van der Waals surface area contributed by atoms with Crippen LogP contribution in [-0.2, 0) is 0 Å². The lowest BCUT2D eigenvalue weighted by Crippen LogP contribution is -2.07. The SMILES string of the molecule is N#Cc1cc2ccccc2nc1N[C@@H]1C[C@H]1c1ccc(Cl)cc1. The van der Waals surface area contributed by atoms with E-state index in [0.717, 1.165) is 22.3 Å². The van der Waals surface area contributed by atoms with Crippen molar-refractivity contribution in [3.63, 3.8) is 0 Å². The molecular formula is C19H14ClN3. The summed E-state index contributed by atoms with van der Waals surface area (Å²) in [6, 6.07) is 20.3. The number of fused-ring (bicyclic) bond motifs is 1. The fourth-order valence-electron chi connectivity index (χ4n) is 2.92. The second-order valence-corrected chi connectivity index (χ2v) is 6.27. The molecule has 112 valence electrons. The minimum absolute atomic E-state index is 0.317. The van der Waals surface area contributed by atoms with Crippen molar-refractivity contribution in [1.82, 2.24) is 4.98 Å². The maximum atomic E-state index is 9.38. The van der Waals surface area contributed by atoms with Gasteiger partial charge in [-0.3, -0.25) is 0 Å². The van der Waals surface area contributed by atoms with Gasteiger partial charge in [0.2, 0.25) is 0 Å². The lowest BCUT2D eigenvalue weighted by molar-refractivity contribution is 1.03. The maximum Gasteiger partial charge on any atom is 0.144 e. The Balaban J connectivity index is 1.59. The Kier molecular flexibility index (Phi) is 3.40. The summed E-state index contributed by atoms with van der Waals surface area (Å²) < 4.78 is 0. The van der Waals surface area contributed by atoms with E-state index >= 15 is 0 Å². The van der Waals surface area contributed by atoms with Gasteiger partial charge in [-0.1, -0.05) is 41.9 Å². The van der Waals surface area contributed by atoms with Crippen molar-refractivity contribution in [3.05, 3.63) is 70.7 Å². The highest BCUT2D eigenvalue weighted by Crippen LogP contribution is 2.43. The van der Waals surface area contributed by atoms with E-state index in [0.29, 0.717) is 23.3 Å². The molecule has 1 fully saturated rings. The summed E-state index contributed by atoms with van der Waals surface area (Å²) in [6.07, 6.45) is 1.04. The van der Waals surface area contributed by atoms with Gasteiger partial charge in [-0.2, -0.15) is 5.26 Å². The highest BCUT2D eigenvalue weighted by molar-refractivity contribution is 6.30. The maximum absolute atomic E-state index is 9.38. The molecule has 0 unspecified atom stereocenters. The van der Waals surface area contributed by atoms with Crippen molar-refractivity contribution in [2.45, 2.75) is 18.4 Å². The zero-order chi connectivity index (χ0) is 15.8. The van der Waals surface area contributed by atoms with Crippen LogP contribution < -0.4 is 5.32 Å². The number of nitriles is 1. The van der Waals surface area contributed by atoms with Crippen molar-refractivity contribution in [2.75, 3.05) is 5.32 Å². The molecule has 1 heterocycles. The van der Waals surface area contributed by atoms with Crippen LogP contribution in [0.25, 0.3) is 10.9 Å². The third kappa shape index (κ3) is 2.74. The number of hydrogen-bond donors (Lipinski definition) is 1. The lowest BCUT2D eigenvalue weighted by Gasteiger charge is -2.09. The Morgan fingerprint density at radius 1 is 1.13 bits per heavy atom. The van der Waals surface area contributed by atoms with Crippen molar-refractivity contribution in [3.8, 4) is 6.07 Å². The van der Waals surface area contributed by atoms with Gasteiger partial charge < -0.3 is 5.32 Å². The summed E-state index contributed by atoms with van der Waals surface area (Å²) in [5.74, 6) is 1.12. The topological polar surface area (TPSA) is 48.7 Å². The second kappa shape index (κ2) is 5.57. The monoisotopic (exact) mass is 319 g/mol. The number of pyridine rings is 1. The highest BCUT2D eigenvalue weighted by Gasteiger charge is 2.38. The van der Waals surface area contributed by atoms with Crippen molar-refractivity contribution < 1.29 is 0 Å². The number of para-hydroxylation sites is 1. The van der Waals surface area contributed by atoms with Crippen LogP contribution in [0, 0.1) is 11.3 Å². The zero-order valence-corrected chi connectivity index (χ0v) is 13.1. The number of nitrogens with one attached hydrogen (secondary N) is 1. The van der Waals surface area contributed by atoms with E-state index in [4.69, 9.17) is 11.6 Å². The minimum Gasteiger partial charge on any atom is -0.366 e. The van der Waals surface area contributed by atoms with Crippen molar-refractivity contribution in [2.24, 2.45) is 0 Å². The van der Waals surface area contributed by atoms with Crippen LogP contribution in [-0.4, -0.2) is 11.0 Å². The van der Waals surface area contributed by atoms with E-state index in [-0.39, 0.29) is 0 Å². The standard InChI is InChI=1S/C19H14ClN3/c20-15-7-5-12(6-8-15)16-10-18(16)23-19-14(11-21)9-13-3-1-2-4-17(13)22-19/h1-9,16,18H,10H2,(H,22,23)/t16-,18+/m0/s1. The van der Waals surface area contributed by atoms with Crippen molar-refractivity contribution >= 4 is 28.3 Å². The van der Waals surface area contributed by atoms with E-state index in [1.54, 1.807) is 0 Å². The quantitative estimate of drug-likeness (QED) is 0.759. The average Bonchev–Trinajstić information content (AvgIpc) is 3.34. The van der Waals surface area contributed by atoms with Gasteiger partial charge in [0.05, 0.1) is 11.1 Å². The second-order valence-electron chi connectivity index (χ2n) is 5.83. The molecule has 0 spiro atoms. The van der Waals surface area contributed by atoms with Gasteiger partial charge in [0.15, 0.2) is 0 Å². The number of rotatable bonds is 3. The number of anilines is 1. The molecule has 0 aliphatic heterocycles. The van der Waals surface area contributed by atoms with Gasteiger partial charge in [-0.25, -0.2) is 4.98 Å². The molecule has 4 rings (SSSR count). The summed E-state index contributed by atoms with van der Waals surface area (Å²) in [7, 11) is 0. The normalized spacial score (nSPS) is 19.3. The predicted octanol–water partition coefficient (Wildman–Crippen LogP) is 4.73. The zero-order valence-electron chi connectivity index (χ0n) is 12.3. The van der Waals surface area contributed by atoms with E-state index in [2.05, 4.69) is 28.5 Å². The van der Waals surface area contributed by atoms with Crippen LogP contribution in [0.15, 0.2) is 54.6 Å². The molecule has 1 N–H and O–H groups in total. The van der Waals surface area contributed by atoms with E-state index in [9.17, 15) is 5.26 Å². The van der Waals surface area contributed by atoms with Gasteiger partial charge in [-0.15, -0.1) is 0 Å². The summed E-state index contributed by atoms with van der Waals surface area (Å²) in [5.41, 5.74) is 2.76. The number of halogens is 1. The summed E-state index contributed by atoms with van der Waals surface area (Å²) in [5, 5.41) is 14.5. The predicted molar refractivity (Wildman–Crippen MR) is 92.7 cm³/mol. The molecule has 1 saturated carbocycles. The van der Waals surface area contributed by atoms with Crippen LogP contribution in [0.1, 0.15) is 23.5 Å². The largest absolute Gasteiger partial charge is 0.366 e. The first-order valence-electron chi connectivity index (χ1n) is 7.56. The van der Waals surface area contributed by atoms with E-state index < -0.39 is 0 Å². The minimum atomic E-state index is 0.317. The Morgan fingerprint density at radius 2 is 1.91 bits per heavy atom. The number of benzene rings is 2. The van der Waals surface area contributed by atoms with Crippen LogP contribution in [0.4, 0.5) is 5.82 Å². The summed E-state index contributed by atoms with van der Waals surface area (Å²) in [6.45, 7) is 0. The Morgan fingerprint density at radius 3 is 2.70 bits per heavy atom. The molecule has 1 aliphatic rings. The van der Waals surface area contributed by atoms with E-state index in [1.807, 2.05) is 42.5 Å². The molecule has 3 aromatic rings. The van der Waals surface area contributed by atoms with Gasteiger partial charge in [0, 0.05) is 22.4 Å². The molecule has 3 nitrogen and oxygen atoms in total. The van der Waals surface area contributed by atoms with Gasteiger partial charge in [0.1, 0.15) is 11.9 Å². The molecule has 0 radical (unpaired) electrons. The number of nitrogens with zero attached hydrogens (tertiary/aromatic N) is 2. The van der Waals surface area contributed by atoms with Gasteiger partial charge in [-0.05, 0) is 36.2 Å². The Hall–Kier alpha value is -2.57. The molecule has 1 aromatic heterocycles. The fourth-order valence-corrected chi connectivity index (χ4v) is 3.05. The average molecular weight is 320 g/mol. The number of hydrogen-bond acceptors (Lipinski definition) is 3. The smallest absolute Gasteiger partial charge is 0.144 e. The van der Waals surface area contributed by atoms with Crippen LogP contribution >= 0.6 is 11.6 Å². The van der Waals surface area contributed by atoms with Crippen LogP contribution in [0.5, 0.6) is 0 Å². The summed E-state index contributed by atoms with van der Waals surface area (Å²) >= 11 is 5.94. The highest BCUT2D eigenvalue weighted by atomic mass is 35.5. The molecule has 1 aliphatic carbocycles. The molecular weight excluding hydrogens is 306 g/mol. The molecule has 4 heteroatoms. The third-order valence-corrected chi connectivity index (χ3v) is 4.51. The summed E-state index contributed by atoms with van der Waals surface area (Å²) in [4.78, 5) is 4.61. The van der Waals surface area contributed by atoms with Crippen molar-refractivity contribution in [1.29, 1.82) is 5.26 Å². The van der Waals surface area contributed by atoms with E-state index in [1.165, 1.54) is 5.56 Å². The molecule has 0 bridgehead atoms. The lowest BCUT2D eigenvalue weighted by atomic mass is 10.1. The first-order valence-corrected chi connectivity index (χ1v) is 7.94. The molecule has 0 saturated heterocycles.